The average molecular weight is 125 g/mol. The molecule has 8 heavy (non-hydrogen) atoms. The van der Waals surface area contributed by atoms with Crippen LogP contribution in [0.2, 0.25) is 0 Å². The van der Waals surface area contributed by atoms with Crippen molar-refractivity contribution in [3.05, 3.63) is 11.8 Å². The van der Waals surface area contributed by atoms with E-state index < -0.39 is 11.9 Å². The first kappa shape index (κ1) is 7.33. The molecule has 0 aromatic heterocycles. The normalized spacial score (nSPS) is 14.2. The van der Waals surface area contributed by atoms with Crippen LogP contribution in [0.5, 0.6) is 0 Å². The number of nitrogens with two attached hydrogens (primary N) is 1. The maximum absolute atomic E-state index is 11.3. The summed E-state index contributed by atoms with van der Waals surface area (Å²) in [4.78, 5) is 0. The molecule has 2 N–H and O–H groups in total. The molecule has 0 aromatic rings. The largest absolute Gasteiger partial charge is 0.430 e. The van der Waals surface area contributed by atoms with Crippen LogP contribution >= 0.6 is 0 Å². The molecule has 0 aromatic carbocycles. The molecule has 0 aliphatic rings. The molecule has 0 heterocycles. The number of hydrogen-bond acceptors (Lipinski definition) is 1. The van der Waals surface area contributed by atoms with E-state index in [2.05, 4.69) is 5.73 Å². The number of alkyl halides is 3. The summed E-state index contributed by atoms with van der Waals surface area (Å²) in [5.41, 5.74) is 3.44. The van der Waals surface area contributed by atoms with Gasteiger partial charge in [0.2, 0.25) is 0 Å². The summed E-state index contributed by atoms with van der Waals surface area (Å²) in [5.74, 6) is 0. The third-order valence-corrected chi connectivity index (χ3v) is 0.638. The molecule has 0 bridgehead atoms. The lowest BCUT2D eigenvalue weighted by molar-refractivity contribution is -0.0927. The fourth-order valence-corrected chi connectivity index (χ4v) is 0.164. The molecule has 0 atom stereocenters. The number of hydrogen-bond donors (Lipinski definition) is 1. The van der Waals surface area contributed by atoms with Crippen LogP contribution in [-0.4, -0.2) is 6.18 Å². The molecular formula is C4H6F3N. The highest BCUT2D eigenvalue weighted by Gasteiger charge is 2.30. The van der Waals surface area contributed by atoms with Crippen LogP contribution in [0.25, 0.3) is 0 Å². The third kappa shape index (κ3) is 1.86. The molecule has 4 heteroatoms. The second-order valence-corrected chi connectivity index (χ2v) is 1.24. The Hall–Kier alpha value is -0.670. The molecule has 0 radical (unpaired) electrons. The van der Waals surface area contributed by atoms with Crippen LogP contribution < -0.4 is 5.73 Å². The van der Waals surface area contributed by atoms with Gasteiger partial charge in [0.25, 0.3) is 0 Å². The van der Waals surface area contributed by atoms with E-state index in [1.165, 1.54) is 6.92 Å². The van der Waals surface area contributed by atoms with Gasteiger partial charge < -0.3 is 5.73 Å². The SMILES string of the molecule is C/C=C(\N)C(F)(F)F. The van der Waals surface area contributed by atoms with Crippen LogP contribution in [0.3, 0.4) is 0 Å². The Balaban J connectivity index is 4.03. The fourth-order valence-electron chi connectivity index (χ4n) is 0.164. The zero-order chi connectivity index (χ0) is 6.78. The van der Waals surface area contributed by atoms with E-state index in [4.69, 9.17) is 0 Å². The van der Waals surface area contributed by atoms with Gasteiger partial charge in [0.1, 0.15) is 5.70 Å². The van der Waals surface area contributed by atoms with Crippen molar-refractivity contribution in [3.63, 3.8) is 0 Å². The van der Waals surface area contributed by atoms with E-state index in [1.54, 1.807) is 0 Å². The standard InChI is InChI=1S/C4H6F3N/c1-2-3(8)4(5,6)7/h2H,8H2,1H3/b3-2-. The molecule has 0 rings (SSSR count). The van der Waals surface area contributed by atoms with Crippen molar-refractivity contribution in [2.45, 2.75) is 13.1 Å². The van der Waals surface area contributed by atoms with Gasteiger partial charge in [0.05, 0.1) is 0 Å². The molecule has 0 saturated heterocycles. The Morgan fingerprint density at radius 1 is 1.50 bits per heavy atom. The maximum atomic E-state index is 11.3. The maximum Gasteiger partial charge on any atom is 0.430 e. The summed E-state index contributed by atoms with van der Waals surface area (Å²) in [6.07, 6.45) is -3.53. The fraction of sp³-hybridized carbons (Fsp3) is 0.500. The summed E-state index contributed by atoms with van der Waals surface area (Å²) < 4.78 is 33.8. The van der Waals surface area contributed by atoms with Crippen molar-refractivity contribution >= 4 is 0 Å². The topological polar surface area (TPSA) is 26.0 Å². The summed E-state index contributed by atoms with van der Waals surface area (Å²) >= 11 is 0. The number of rotatable bonds is 0. The van der Waals surface area contributed by atoms with Crippen LogP contribution in [0.15, 0.2) is 11.8 Å². The smallest absolute Gasteiger partial charge is 0.395 e. The van der Waals surface area contributed by atoms with Crippen molar-refractivity contribution in [1.82, 2.24) is 0 Å². The first-order valence-electron chi connectivity index (χ1n) is 1.97. The average Bonchev–Trinajstić information content (AvgIpc) is 1.62. The molecule has 0 spiro atoms. The van der Waals surface area contributed by atoms with Gasteiger partial charge in [0, 0.05) is 0 Å². The molecule has 0 unspecified atom stereocenters. The monoisotopic (exact) mass is 125 g/mol. The van der Waals surface area contributed by atoms with Crippen LogP contribution in [-0.2, 0) is 0 Å². The summed E-state index contributed by atoms with van der Waals surface area (Å²) in [6, 6.07) is 0. The van der Waals surface area contributed by atoms with Gasteiger partial charge in [-0.2, -0.15) is 13.2 Å². The number of halogens is 3. The van der Waals surface area contributed by atoms with E-state index in [9.17, 15) is 13.2 Å². The molecule has 0 amide bonds. The van der Waals surface area contributed by atoms with Crippen molar-refractivity contribution in [2.75, 3.05) is 0 Å². The van der Waals surface area contributed by atoms with E-state index in [-0.39, 0.29) is 0 Å². The Bertz CT molecular complexity index is 102. The minimum atomic E-state index is -4.35. The summed E-state index contributed by atoms with van der Waals surface area (Å²) in [5, 5.41) is 0. The van der Waals surface area contributed by atoms with Crippen LogP contribution in [0, 0.1) is 0 Å². The highest BCUT2D eigenvalue weighted by atomic mass is 19.4. The van der Waals surface area contributed by atoms with Gasteiger partial charge in [-0.15, -0.1) is 0 Å². The lowest BCUT2D eigenvalue weighted by atomic mass is 10.4. The lowest BCUT2D eigenvalue weighted by Crippen LogP contribution is -2.18. The zero-order valence-corrected chi connectivity index (χ0v) is 4.29. The van der Waals surface area contributed by atoms with E-state index in [0.29, 0.717) is 0 Å². The predicted octanol–water partition coefficient (Wildman–Crippen LogP) is 1.41. The van der Waals surface area contributed by atoms with E-state index >= 15 is 0 Å². The lowest BCUT2D eigenvalue weighted by Gasteiger charge is -2.03. The first-order chi connectivity index (χ1) is 3.48. The van der Waals surface area contributed by atoms with Gasteiger partial charge in [-0.05, 0) is 6.92 Å². The van der Waals surface area contributed by atoms with Gasteiger partial charge in [0.15, 0.2) is 0 Å². The Labute approximate surface area is 45.0 Å². The molecule has 0 saturated carbocycles. The van der Waals surface area contributed by atoms with Crippen molar-refractivity contribution in [1.29, 1.82) is 0 Å². The Morgan fingerprint density at radius 3 is 1.88 bits per heavy atom. The molecule has 1 nitrogen and oxygen atoms in total. The Morgan fingerprint density at radius 2 is 1.88 bits per heavy atom. The summed E-state index contributed by atoms with van der Waals surface area (Å²) in [6.45, 7) is 1.24. The van der Waals surface area contributed by atoms with E-state index in [0.717, 1.165) is 6.08 Å². The van der Waals surface area contributed by atoms with Gasteiger partial charge in [-0.1, -0.05) is 6.08 Å². The van der Waals surface area contributed by atoms with Gasteiger partial charge in [-0.25, -0.2) is 0 Å². The second-order valence-electron chi connectivity index (χ2n) is 1.24. The quantitative estimate of drug-likeness (QED) is 0.520. The van der Waals surface area contributed by atoms with E-state index in [1.807, 2.05) is 0 Å². The van der Waals surface area contributed by atoms with Crippen molar-refractivity contribution in [3.8, 4) is 0 Å². The number of allylic oxidation sites excluding steroid dienone is 2. The highest BCUT2D eigenvalue weighted by Crippen LogP contribution is 2.20. The molecular weight excluding hydrogens is 119 g/mol. The van der Waals surface area contributed by atoms with Crippen LogP contribution in [0.4, 0.5) is 13.2 Å². The van der Waals surface area contributed by atoms with Gasteiger partial charge >= 0.3 is 6.18 Å². The molecule has 0 aliphatic carbocycles. The first-order valence-corrected chi connectivity index (χ1v) is 1.97. The zero-order valence-electron chi connectivity index (χ0n) is 4.29. The Kier molecular flexibility index (Phi) is 1.89. The molecule has 48 valence electrons. The minimum absolute atomic E-state index is 0.819. The molecule has 0 aliphatic heterocycles. The minimum Gasteiger partial charge on any atom is -0.395 e. The second kappa shape index (κ2) is 2.07. The predicted molar refractivity (Wildman–Crippen MR) is 24.0 cm³/mol. The highest BCUT2D eigenvalue weighted by molar-refractivity contribution is 5.01. The summed E-state index contributed by atoms with van der Waals surface area (Å²) in [7, 11) is 0. The third-order valence-electron chi connectivity index (χ3n) is 0.638. The van der Waals surface area contributed by atoms with Crippen molar-refractivity contribution in [2.24, 2.45) is 5.73 Å². The van der Waals surface area contributed by atoms with Gasteiger partial charge in [-0.3, -0.25) is 0 Å². The molecule has 0 fully saturated rings. The van der Waals surface area contributed by atoms with Crippen molar-refractivity contribution < 1.29 is 13.2 Å². The van der Waals surface area contributed by atoms with Crippen LogP contribution in [0.1, 0.15) is 6.92 Å².